The summed E-state index contributed by atoms with van der Waals surface area (Å²) in [7, 11) is 0. The van der Waals surface area contributed by atoms with E-state index in [1.807, 2.05) is 0 Å². The van der Waals surface area contributed by atoms with Crippen molar-refractivity contribution in [2.75, 3.05) is 0 Å². The van der Waals surface area contributed by atoms with Crippen LogP contribution in [-0.4, -0.2) is 6.69 Å². The van der Waals surface area contributed by atoms with Crippen LogP contribution >= 0.6 is 22.2 Å². The molecule has 0 rings (SSSR count). The average molecular weight is 311 g/mol. The molecule has 0 amide bonds. The third-order valence-electron chi connectivity index (χ3n) is 3.57. The molecule has 0 N–H and O–H groups in total. The lowest BCUT2D eigenvalue weighted by atomic mass is 9.98. The minimum atomic E-state index is -1.95. The van der Waals surface area contributed by atoms with Gasteiger partial charge in [-0.1, -0.05) is 66.7 Å². The highest BCUT2D eigenvalue weighted by Gasteiger charge is 2.28. The highest BCUT2D eigenvalue weighted by molar-refractivity contribution is 7.45. The fraction of sp³-hybridized carbons (Fsp3) is 1.00. The Morgan fingerprint density at radius 2 is 1.22 bits per heavy atom. The smallest absolute Gasteiger partial charge is 0.146 e. The van der Waals surface area contributed by atoms with Crippen molar-refractivity contribution in [3.8, 4) is 0 Å². The van der Waals surface area contributed by atoms with Gasteiger partial charge >= 0.3 is 0 Å². The number of hydrogen-bond acceptors (Lipinski definition) is 0. The molecule has 0 nitrogen and oxygen atoms in total. The van der Waals surface area contributed by atoms with Gasteiger partial charge in [0, 0.05) is 0 Å². The highest BCUT2D eigenvalue weighted by Crippen LogP contribution is 2.32. The Balaban J connectivity index is 3.71. The fourth-order valence-electron chi connectivity index (χ4n) is 2.10. The van der Waals surface area contributed by atoms with Crippen LogP contribution in [0.1, 0.15) is 66.7 Å². The largest absolute Gasteiger partial charge is 0.251 e. The molecule has 0 aliphatic heterocycles. The molecule has 0 heterocycles. The van der Waals surface area contributed by atoms with E-state index in [1.165, 1.54) is 32.1 Å². The molecule has 0 aromatic carbocycles. The van der Waals surface area contributed by atoms with Crippen molar-refractivity contribution >= 4 is 28.9 Å². The minimum Gasteiger partial charge on any atom is -0.146 e. The summed E-state index contributed by atoms with van der Waals surface area (Å²) in [4.78, 5) is 0. The highest BCUT2D eigenvalue weighted by atomic mass is 35.7. The Kier molecular flexibility index (Phi) is 10.1. The SMILES string of the molecule is CC(C)CCC[C@@H](C)CC[Si](Cl)(Cl)CCC(C)C. The van der Waals surface area contributed by atoms with Gasteiger partial charge in [-0.3, -0.25) is 0 Å². The normalized spacial score (nSPS) is 14.5. The van der Waals surface area contributed by atoms with Crippen LogP contribution in [0, 0.1) is 17.8 Å². The second kappa shape index (κ2) is 9.66. The molecule has 0 radical (unpaired) electrons. The lowest BCUT2D eigenvalue weighted by Crippen LogP contribution is -2.20. The van der Waals surface area contributed by atoms with Crippen molar-refractivity contribution in [2.24, 2.45) is 17.8 Å². The van der Waals surface area contributed by atoms with Gasteiger partial charge in [-0.15, -0.1) is 22.2 Å². The molecule has 0 aliphatic carbocycles. The van der Waals surface area contributed by atoms with Gasteiger partial charge in [0.1, 0.15) is 0 Å². The third kappa shape index (κ3) is 11.9. The molecule has 0 spiro atoms. The Morgan fingerprint density at radius 3 is 1.72 bits per heavy atom. The van der Waals surface area contributed by atoms with Crippen LogP contribution in [0.25, 0.3) is 0 Å². The zero-order valence-corrected chi connectivity index (χ0v) is 15.4. The van der Waals surface area contributed by atoms with Crippen LogP contribution in [0.2, 0.25) is 12.1 Å². The van der Waals surface area contributed by atoms with Crippen LogP contribution in [-0.2, 0) is 0 Å². The van der Waals surface area contributed by atoms with Crippen LogP contribution in [0.4, 0.5) is 0 Å². The summed E-state index contributed by atoms with van der Waals surface area (Å²) in [5.41, 5.74) is 0. The molecular weight excluding hydrogens is 279 g/mol. The Labute approximate surface area is 125 Å². The van der Waals surface area contributed by atoms with Gasteiger partial charge in [0.25, 0.3) is 6.69 Å². The first-order valence-corrected chi connectivity index (χ1v) is 12.0. The maximum atomic E-state index is 6.51. The van der Waals surface area contributed by atoms with Crippen molar-refractivity contribution in [1.29, 1.82) is 0 Å². The summed E-state index contributed by atoms with van der Waals surface area (Å²) < 4.78 is 0. The van der Waals surface area contributed by atoms with E-state index in [1.54, 1.807) is 0 Å². The van der Waals surface area contributed by atoms with Crippen molar-refractivity contribution in [3.63, 3.8) is 0 Å². The Hall–Kier alpha value is 0.797. The third-order valence-corrected chi connectivity index (χ3v) is 7.88. The Morgan fingerprint density at radius 1 is 0.722 bits per heavy atom. The van der Waals surface area contributed by atoms with E-state index >= 15 is 0 Å². The van der Waals surface area contributed by atoms with Gasteiger partial charge in [-0.2, -0.15) is 0 Å². The standard InChI is InChI=1S/C15H32Cl2Si/c1-13(2)7-6-8-15(5)10-12-18(16,17)11-9-14(3)4/h13-15H,6-12H2,1-5H3/t15-/m1/s1. The minimum absolute atomic E-state index is 0.720. The molecule has 0 saturated heterocycles. The van der Waals surface area contributed by atoms with Gasteiger partial charge in [-0.25, -0.2) is 0 Å². The second-order valence-corrected chi connectivity index (χ2v) is 14.4. The zero-order chi connectivity index (χ0) is 14.2. The van der Waals surface area contributed by atoms with E-state index < -0.39 is 6.69 Å². The monoisotopic (exact) mass is 310 g/mol. The van der Waals surface area contributed by atoms with Gasteiger partial charge in [0.2, 0.25) is 0 Å². The van der Waals surface area contributed by atoms with E-state index in [4.69, 9.17) is 22.2 Å². The van der Waals surface area contributed by atoms with E-state index in [2.05, 4.69) is 34.6 Å². The van der Waals surface area contributed by atoms with E-state index in [-0.39, 0.29) is 0 Å². The number of halogens is 2. The van der Waals surface area contributed by atoms with Gasteiger partial charge < -0.3 is 0 Å². The topological polar surface area (TPSA) is 0 Å². The predicted molar refractivity (Wildman–Crippen MR) is 89.0 cm³/mol. The molecule has 3 heteroatoms. The molecule has 0 aliphatic rings. The van der Waals surface area contributed by atoms with Crippen molar-refractivity contribution < 1.29 is 0 Å². The summed E-state index contributed by atoms with van der Waals surface area (Å²) in [5, 5.41) is 0. The van der Waals surface area contributed by atoms with E-state index in [0.717, 1.165) is 29.8 Å². The van der Waals surface area contributed by atoms with Gasteiger partial charge in [0.15, 0.2) is 0 Å². The molecule has 0 aromatic rings. The van der Waals surface area contributed by atoms with Crippen LogP contribution in [0.5, 0.6) is 0 Å². The Bertz CT molecular complexity index is 203. The summed E-state index contributed by atoms with van der Waals surface area (Å²) in [6.07, 6.45) is 6.43. The fourth-order valence-corrected chi connectivity index (χ4v) is 5.58. The molecule has 0 fully saturated rings. The maximum Gasteiger partial charge on any atom is 0.251 e. The van der Waals surface area contributed by atoms with Crippen LogP contribution in [0.3, 0.4) is 0 Å². The molecule has 0 aromatic heterocycles. The predicted octanol–water partition coefficient (Wildman–Crippen LogP) is 6.80. The molecule has 1 atom stereocenters. The summed E-state index contributed by atoms with van der Waals surface area (Å²) in [6.45, 7) is 9.48. The lowest BCUT2D eigenvalue weighted by Gasteiger charge is -2.20. The van der Waals surface area contributed by atoms with E-state index in [0.29, 0.717) is 0 Å². The summed E-state index contributed by atoms with van der Waals surface area (Å²) >= 11 is 13.0. The average Bonchev–Trinajstić information content (AvgIpc) is 2.24. The van der Waals surface area contributed by atoms with Gasteiger partial charge in [-0.05, 0) is 29.8 Å². The van der Waals surface area contributed by atoms with Crippen molar-refractivity contribution in [1.82, 2.24) is 0 Å². The lowest BCUT2D eigenvalue weighted by molar-refractivity contribution is 0.448. The summed E-state index contributed by atoms with van der Waals surface area (Å²) in [5.74, 6) is 2.34. The first-order valence-electron chi connectivity index (χ1n) is 7.60. The van der Waals surface area contributed by atoms with Crippen LogP contribution < -0.4 is 0 Å². The van der Waals surface area contributed by atoms with E-state index in [9.17, 15) is 0 Å². The molecule has 0 saturated carbocycles. The van der Waals surface area contributed by atoms with Crippen molar-refractivity contribution in [3.05, 3.63) is 0 Å². The van der Waals surface area contributed by atoms with Crippen LogP contribution in [0.15, 0.2) is 0 Å². The molecule has 110 valence electrons. The van der Waals surface area contributed by atoms with Crippen molar-refractivity contribution in [2.45, 2.75) is 78.8 Å². The number of hydrogen-bond donors (Lipinski definition) is 0. The zero-order valence-electron chi connectivity index (χ0n) is 12.9. The number of rotatable bonds is 10. The quantitative estimate of drug-likeness (QED) is 0.307. The molecule has 0 unspecified atom stereocenters. The van der Waals surface area contributed by atoms with Gasteiger partial charge in [0.05, 0.1) is 0 Å². The summed E-state index contributed by atoms with van der Waals surface area (Å²) in [6, 6.07) is 2.14. The first kappa shape index (κ1) is 18.8. The molecule has 18 heavy (non-hydrogen) atoms. The second-order valence-electron chi connectivity index (χ2n) is 6.76. The molecular formula is C15H32Cl2Si. The maximum absolute atomic E-state index is 6.51. The first-order chi connectivity index (χ1) is 8.23. The molecule has 0 bridgehead atoms.